The van der Waals surface area contributed by atoms with E-state index in [-0.39, 0.29) is 11.6 Å². The van der Waals surface area contributed by atoms with Crippen LogP contribution in [0.5, 0.6) is 5.75 Å². The molecule has 94 valence electrons. The summed E-state index contributed by atoms with van der Waals surface area (Å²) >= 11 is 0. The van der Waals surface area contributed by atoms with E-state index in [0.717, 1.165) is 17.8 Å². The van der Waals surface area contributed by atoms with Crippen molar-refractivity contribution in [1.29, 1.82) is 0 Å². The molecule has 0 saturated heterocycles. The van der Waals surface area contributed by atoms with Crippen molar-refractivity contribution in [3.63, 3.8) is 0 Å². The van der Waals surface area contributed by atoms with Gasteiger partial charge in [-0.1, -0.05) is 24.3 Å². The Labute approximate surface area is 106 Å². The Bertz CT molecular complexity index is 527. The van der Waals surface area contributed by atoms with Crippen LogP contribution in [0.1, 0.15) is 12.5 Å². The number of benzene rings is 2. The molecule has 18 heavy (non-hydrogen) atoms. The highest BCUT2D eigenvalue weighted by Gasteiger charge is 2.08. The number of phenols is 1. The van der Waals surface area contributed by atoms with Crippen LogP contribution in [-0.2, 0) is 6.54 Å². The molecule has 0 spiro atoms. The molecule has 0 aromatic heterocycles. The van der Waals surface area contributed by atoms with Gasteiger partial charge in [0.1, 0.15) is 11.6 Å². The number of hydrogen-bond acceptors (Lipinski definition) is 2. The number of rotatable bonds is 4. The molecule has 0 aliphatic rings. The van der Waals surface area contributed by atoms with Crippen LogP contribution in [-0.4, -0.2) is 11.7 Å². The predicted molar refractivity (Wildman–Crippen MR) is 71.2 cm³/mol. The number of hydrogen-bond donors (Lipinski definition) is 1. The lowest BCUT2D eigenvalue weighted by atomic mass is 10.1. The van der Waals surface area contributed by atoms with Gasteiger partial charge < -0.3 is 10.0 Å². The molecule has 0 radical (unpaired) electrons. The van der Waals surface area contributed by atoms with E-state index in [0.29, 0.717) is 6.54 Å². The van der Waals surface area contributed by atoms with E-state index in [2.05, 4.69) is 0 Å². The van der Waals surface area contributed by atoms with Gasteiger partial charge in [-0.05, 0) is 31.2 Å². The largest absolute Gasteiger partial charge is 0.508 e. The summed E-state index contributed by atoms with van der Waals surface area (Å²) in [6.07, 6.45) is 0. The fourth-order valence-corrected chi connectivity index (χ4v) is 1.91. The van der Waals surface area contributed by atoms with E-state index >= 15 is 0 Å². The maximum atomic E-state index is 13.2. The van der Waals surface area contributed by atoms with E-state index in [1.165, 1.54) is 12.1 Å². The minimum atomic E-state index is -0.247. The summed E-state index contributed by atoms with van der Waals surface area (Å²) in [4.78, 5) is 2.01. The molecule has 2 rings (SSSR count). The summed E-state index contributed by atoms with van der Waals surface area (Å²) < 4.78 is 13.2. The van der Waals surface area contributed by atoms with Gasteiger partial charge in [-0.3, -0.25) is 0 Å². The Morgan fingerprint density at radius 3 is 2.56 bits per heavy atom. The van der Waals surface area contributed by atoms with Crippen molar-refractivity contribution in [1.82, 2.24) is 0 Å². The standard InChI is InChI=1S/C15H16FNO/c1-2-17(14-8-5-7-13(16)10-14)11-12-6-3-4-9-15(12)18/h3-10,18H,2,11H2,1H3. The summed E-state index contributed by atoms with van der Waals surface area (Å²) in [5, 5.41) is 9.76. The van der Waals surface area contributed by atoms with Gasteiger partial charge in [0, 0.05) is 24.3 Å². The molecule has 2 aromatic rings. The van der Waals surface area contributed by atoms with Crippen LogP contribution in [0.3, 0.4) is 0 Å². The summed E-state index contributed by atoms with van der Waals surface area (Å²) in [7, 11) is 0. The van der Waals surface area contributed by atoms with Gasteiger partial charge in [-0.25, -0.2) is 4.39 Å². The number of nitrogens with zero attached hydrogens (tertiary/aromatic N) is 1. The molecule has 0 unspecified atom stereocenters. The molecule has 0 heterocycles. The lowest BCUT2D eigenvalue weighted by molar-refractivity contribution is 0.467. The molecule has 0 bridgehead atoms. The molecule has 0 amide bonds. The Kier molecular flexibility index (Phi) is 3.82. The predicted octanol–water partition coefficient (Wildman–Crippen LogP) is 3.56. The SMILES string of the molecule is CCN(Cc1ccccc1O)c1cccc(F)c1. The third-order valence-electron chi connectivity index (χ3n) is 2.91. The van der Waals surface area contributed by atoms with E-state index in [4.69, 9.17) is 0 Å². The van der Waals surface area contributed by atoms with Crippen molar-refractivity contribution in [3.05, 3.63) is 59.9 Å². The van der Waals surface area contributed by atoms with E-state index in [1.54, 1.807) is 18.2 Å². The van der Waals surface area contributed by atoms with Crippen molar-refractivity contribution in [2.24, 2.45) is 0 Å². The van der Waals surface area contributed by atoms with Crippen LogP contribution in [0.2, 0.25) is 0 Å². The first-order valence-electron chi connectivity index (χ1n) is 5.98. The van der Waals surface area contributed by atoms with Gasteiger partial charge in [-0.15, -0.1) is 0 Å². The number of anilines is 1. The maximum Gasteiger partial charge on any atom is 0.125 e. The van der Waals surface area contributed by atoms with Gasteiger partial charge in [0.15, 0.2) is 0 Å². The molecule has 2 aromatic carbocycles. The second-order valence-electron chi connectivity index (χ2n) is 4.12. The second-order valence-corrected chi connectivity index (χ2v) is 4.12. The molecule has 0 fully saturated rings. The zero-order valence-corrected chi connectivity index (χ0v) is 10.3. The smallest absolute Gasteiger partial charge is 0.125 e. The third-order valence-corrected chi connectivity index (χ3v) is 2.91. The number of halogens is 1. The molecule has 0 aliphatic carbocycles. The second kappa shape index (κ2) is 5.54. The average molecular weight is 245 g/mol. The first kappa shape index (κ1) is 12.4. The molecular weight excluding hydrogens is 229 g/mol. The highest BCUT2D eigenvalue weighted by atomic mass is 19.1. The van der Waals surface area contributed by atoms with Gasteiger partial charge >= 0.3 is 0 Å². The monoisotopic (exact) mass is 245 g/mol. The summed E-state index contributed by atoms with van der Waals surface area (Å²) in [6.45, 7) is 3.31. The van der Waals surface area contributed by atoms with Crippen LogP contribution in [0.15, 0.2) is 48.5 Å². The molecule has 0 saturated carbocycles. The van der Waals surface area contributed by atoms with Crippen molar-refractivity contribution < 1.29 is 9.50 Å². The molecule has 2 nitrogen and oxygen atoms in total. The van der Waals surface area contributed by atoms with E-state index in [9.17, 15) is 9.50 Å². The lowest BCUT2D eigenvalue weighted by Gasteiger charge is -2.23. The maximum absolute atomic E-state index is 13.2. The average Bonchev–Trinajstić information content (AvgIpc) is 2.38. The molecular formula is C15H16FNO. The Balaban J connectivity index is 2.23. The summed E-state index contributed by atoms with van der Waals surface area (Å²) in [5.74, 6) is 0.0237. The van der Waals surface area contributed by atoms with Crippen LogP contribution in [0, 0.1) is 5.82 Å². The Morgan fingerprint density at radius 1 is 1.11 bits per heavy atom. The minimum absolute atomic E-state index is 0.247. The fourth-order valence-electron chi connectivity index (χ4n) is 1.91. The van der Waals surface area contributed by atoms with Gasteiger partial charge in [0.05, 0.1) is 0 Å². The quantitative estimate of drug-likeness (QED) is 0.890. The lowest BCUT2D eigenvalue weighted by Crippen LogP contribution is -2.22. The van der Waals surface area contributed by atoms with Crippen molar-refractivity contribution in [2.45, 2.75) is 13.5 Å². The zero-order valence-electron chi connectivity index (χ0n) is 10.3. The van der Waals surface area contributed by atoms with Crippen LogP contribution >= 0.6 is 0 Å². The molecule has 1 N–H and O–H groups in total. The van der Waals surface area contributed by atoms with Crippen LogP contribution in [0.4, 0.5) is 10.1 Å². The molecule has 3 heteroatoms. The fraction of sp³-hybridized carbons (Fsp3) is 0.200. The summed E-state index contributed by atoms with van der Waals surface area (Å²) in [6, 6.07) is 13.7. The molecule has 0 atom stereocenters. The zero-order chi connectivity index (χ0) is 13.0. The first-order valence-corrected chi connectivity index (χ1v) is 5.98. The topological polar surface area (TPSA) is 23.5 Å². The van der Waals surface area contributed by atoms with Crippen molar-refractivity contribution in [2.75, 3.05) is 11.4 Å². The van der Waals surface area contributed by atoms with Gasteiger partial charge in [0.2, 0.25) is 0 Å². The highest BCUT2D eigenvalue weighted by Crippen LogP contribution is 2.22. The normalized spacial score (nSPS) is 10.3. The van der Waals surface area contributed by atoms with Gasteiger partial charge in [0.25, 0.3) is 0 Å². The number of para-hydroxylation sites is 1. The Morgan fingerprint density at radius 2 is 1.89 bits per heavy atom. The van der Waals surface area contributed by atoms with Crippen molar-refractivity contribution >= 4 is 5.69 Å². The Hall–Kier alpha value is -2.03. The van der Waals surface area contributed by atoms with Crippen molar-refractivity contribution in [3.8, 4) is 5.75 Å². The number of phenolic OH excluding ortho intramolecular Hbond substituents is 1. The van der Waals surface area contributed by atoms with Crippen LogP contribution < -0.4 is 4.90 Å². The minimum Gasteiger partial charge on any atom is -0.508 e. The summed E-state index contributed by atoms with van der Waals surface area (Å²) in [5.41, 5.74) is 1.66. The highest BCUT2D eigenvalue weighted by molar-refractivity contribution is 5.48. The third kappa shape index (κ3) is 2.80. The van der Waals surface area contributed by atoms with E-state index in [1.807, 2.05) is 30.0 Å². The van der Waals surface area contributed by atoms with E-state index < -0.39 is 0 Å². The van der Waals surface area contributed by atoms with Crippen LogP contribution in [0.25, 0.3) is 0 Å². The first-order chi connectivity index (χ1) is 8.70. The molecule has 0 aliphatic heterocycles. The van der Waals surface area contributed by atoms with Gasteiger partial charge in [-0.2, -0.15) is 0 Å². The number of aromatic hydroxyl groups is 1.